The second-order valence-corrected chi connectivity index (χ2v) is 13.7. The van der Waals surface area contributed by atoms with Gasteiger partial charge in [0.1, 0.15) is 11.2 Å². The molecule has 2 aliphatic rings. The van der Waals surface area contributed by atoms with E-state index in [0.717, 1.165) is 33.9 Å². The van der Waals surface area contributed by atoms with Gasteiger partial charge in [-0.25, -0.2) is 0 Å². The average molecular weight is 604 g/mol. The van der Waals surface area contributed by atoms with Gasteiger partial charge in [0, 0.05) is 44.1 Å². The molecule has 0 saturated carbocycles. The lowest BCUT2D eigenvalue weighted by Crippen LogP contribution is -2.15. The van der Waals surface area contributed by atoms with E-state index in [1.807, 2.05) is 6.07 Å². The number of rotatable bonds is 3. The molecule has 47 heavy (non-hydrogen) atoms. The summed E-state index contributed by atoms with van der Waals surface area (Å²) in [5, 5.41) is 4.93. The van der Waals surface area contributed by atoms with Crippen LogP contribution >= 0.6 is 0 Å². The number of aromatic nitrogens is 1. The van der Waals surface area contributed by atoms with E-state index in [2.05, 4.69) is 158 Å². The Morgan fingerprint density at radius 2 is 1.38 bits per heavy atom. The van der Waals surface area contributed by atoms with Crippen LogP contribution < -0.4 is 0 Å². The van der Waals surface area contributed by atoms with Crippen LogP contribution in [0.25, 0.3) is 71.7 Å². The molecule has 6 aromatic carbocycles. The molecule has 1 atom stereocenters. The molecule has 2 heteroatoms. The molecule has 0 fully saturated rings. The number of hydrogen-bond acceptors (Lipinski definition) is 1. The number of benzene rings is 6. The largest absolute Gasteiger partial charge is 0.455 e. The van der Waals surface area contributed by atoms with Crippen LogP contribution in [-0.4, -0.2) is 4.57 Å². The van der Waals surface area contributed by atoms with E-state index >= 15 is 0 Å². The van der Waals surface area contributed by atoms with Gasteiger partial charge in [0.2, 0.25) is 0 Å². The van der Waals surface area contributed by atoms with Crippen molar-refractivity contribution in [2.24, 2.45) is 0 Å². The fourth-order valence-electron chi connectivity index (χ4n) is 8.40. The molecule has 8 aromatic rings. The van der Waals surface area contributed by atoms with Gasteiger partial charge in [0.15, 0.2) is 0 Å². The molecule has 2 aromatic heterocycles. The lowest BCUT2D eigenvalue weighted by atomic mass is 9.82. The lowest BCUT2D eigenvalue weighted by molar-refractivity contribution is 0.661. The van der Waals surface area contributed by atoms with Gasteiger partial charge in [0.25, 0.3) is 0 Å². The zero-order valence-electron chi connectivity index (χ0n) is 26.5. The van der Waals surface area contributed by atoms with Crippen LogP contribution in [0.2, 0.25) is 0 Å². The van der Waals surface area contributed by atoms with Crippen LogP contribution in [0.3, 0.4) is 0 Å². The number of fused-ring (bicyclic) bond motifs is 9. The van der Waals surface area contributed by atoms with Crippen LogP contribution in [0, 0.1) is 0 Å². The third-order valence-corrected chi connectivity index (χ3v) is 10.7. The van der Waals surface area contributed by atoms with E-state index in [0.29, 0.717) is 0 Å². The predicted molar refractivity (Wildman–Crippen MR) is 197 cm³/mol. The maximum atomic E-state index is 6.41. The Kier molecular flexibility index (Phi) is 5.49. The summed E-state index contributed by atoms with van der Waals surface area (Å²) >= 11 is 0. The van der Waals surface area contributed by atoms with Gasteiger partial charge < -0.3 is 8.98 Å². The zero-order valence-corrected chi connectivity index (χ0v) is 26.5. The quantitative estimate of drug-likeness (QED) is 0.196. The normalized spacial score (nSPS) is 16.6. The predicted octanol–water partition coefficient (Wildman–Crippen LogP) is 12.3. The highest BCUT2D eigenvalue weighted by Gasteiger charge is 2.36. The molecule has 0 aliphatic heterocycles. The summed E-state index contributed by atoms with van der Waals surface area (Å²) in [7, 11) is 0. The third-order valence-electron chi connectivity index (χ3n) is 10.7. The summed E-state index contributed by atoms with van der Waals surface area (Å²) in [6, 6.07) is 46.6. The summed E-state index contributed by atoms with van der Waals surface area (Å²) in [6.07, 6.45) is 8.10. The van der Waals surface area contributed by atoms with E-state index < -0.39 is 0 Å². The molecule has 2 aliphatic carbocycles. The molecule has 1 unspecified atom stereocenters. The third kappa shape index (κ3) is 3.79. The maximum absolute atomic E-state index is 6.41. The number of para-hydroxylation sites is 3. The Morgan fingerprint density at radius 3 is 2.32 bits per heavy atom. The zero-order chi connectivity index (χ0) is 31.3. The molecule has 0 bridgehead atoms. The highest BCUT2D eigenvalue weighted by atomic mass is 16.3. The average Bonchev–Trinajstić information content (AvgIpc) is 3.73. The fourth-order valence-corrected chi connectivity index (χ4v) is 8.40. The van der Waals surface area contributed by atoms with E-state index in [4.69, 9.17) is 4.42 Å². The molecule has 2 nitrogen and oxygen atoms in total. The number of nitrogens with zero attached hydrogens (tertiary/aromatic N) is 1. The highest BCUT2D eigenvalue weighted by Crippen LogP contribution is 2.51. The van der Waals surface area contributed by atoms with Crippen LogP contribution in [0.5, 0.6) is 0 Å². The van der Waals surface area contributed by atoms with E-state index in [9.17, 15) is 0 Å². The van der Waals surface area contributed by atoms with Crippen molar-refractivity contribution in [3.8, 4) is 22.3 Å². The van der Waals surface area contributed by atoms with Crippen molar-refractivity contribution in [3.05, 3.63) is 162 Å². The van der Waals surface area contributed by atoms with Crippen molar-refractivity contribution in [2.75, 3.05) is 0 Å². The molecule has 10 rings (SSSR count). The summed E-state index contributed by atoms with van der Waals surface area (Å²) in [5.41, 5.74) is 14.8. The maximum Gasteiger partial charge on any atom is 0.143 e. The molecule has 224 valence electrons. The van der Waals surface area contributed by atoms with Crippen molar-refractivity contribution in [2.45, 2.75) is 31.6 Å². The van der Waals surface area contributed by atoms with Gasteiger partial charge in [-0.05, 0) is 70.1 Å². The summed E-state index contributed by atoms with van der Waals surface area (Å²) in [5.74, 6) is 0.260. The molecular weight excluding hydrogens is 571 g/mol. The summed E-state index contributed by atoms with van der Waals surface area (Å²) in [4.78, 5) is 0. The molecule has 0 spiro atoms. The first kappa shape index (κ1) is 26.6. The first-order valence-electron chi connectivity index (χ1n) is 16.6. The smallest absolute Gasteiger partial charge is 0.143 e. The summed E-state index contributed by atoms with van der Waals surface area (Å²) in [6.45, 7) is 4.73. The lowest BCUT2D eigenvalue weighted by Gasteiger charge is -2.22. The molecule has 0 N–H and O–H groups in total. The fraction of sp³-hybridized carbons (Fsp3) is 0.111. The van der Waals surface area contributed by atoms with Gasteiger partial charge in [-0.2, -0.15) is 0 Å². The Labute approximate surface area is 273 Å². The molecule has 0 radical (unpaired) electrons. The molecular formula is C45H33NO. The van der Waals surface area contributed by atoms with Crippen LogP contribution in [0.1, 0.15) is 42.9 Å². The van der Waals surface area contributed by atoms with Crippen molar-refractivity contribution in [1.82, 2.24) is 4.57 Å². The first-order chi connectivity index (χ1) is 23.1. The van der Waals surface area contributed by atoms with E-state index in [-0.39, 0.29) is 11.3 Å². The van der Waals surface area contributed by atoms with Crippen molar-refractivity contribution in [3.63, 3.8) is 0 Å². The number of hydrogen-bond donors (Lipinski definition) is 0. The second-order valence-electron chi connectivity index (χ2n) is 13.7. The molecule has 0 saturated heterocycles. The molecule has 2 heterocycles. The number of allylic oxidation sites excluding steroid dienone is 4. The minimum absolute atomic E-state index is 0.0517. The van der Waals surface area contributed by atoms with Gasteiger partial charge in [-0.15, -0.1) is 0 Å². The van der Waals surface area contributed by atoms with Crippen molar-refractivity contribution >= 4 is 49.4 Å². The Balaban J connectivity index is 1.12. The van der Waals surface area contributed by atoms with Crippen molar-refractivity contribution in [1.29, 1.82) is 0 Å². The van der Waals surface area contributed by atoms with E-state index in [1.165, 1.54) is 60.9 Å². The van der Waals surface area contributed by atoms with Gasteiger partial charge in [-0.1, -0.05) is 129 Å². The van der Waals surface area contributed by atoms with Gasteiger partial charge >= 0.3 is 0 Å². The highest BCUT2D eigenvalue weighted by molar-refractivity contribution is 6.13. The SMILES string of the molecule is CC1(C)c2ccccc2-c2cc3c4ccccc4n(C4=CC(c5cccc(-c6cccc7c6oc6ccccc67)c5)CC=C4)c3cc21. The Morgan fingerprint density at radius 1 is 0.617 bits per heavy atom. The van der Waals surface area contributed by atoms with Crippen LogP contribution in [-0.2, 0) is 5.41 Å². The van der Waals surface area contributed by atoms with Gasteiger partial charge in [-0.3, -0.25) is 0 Å². The minimum Gasteiger partial charge on any atom is -0.455 e. The Hall–Kier alpha value is -5.60. The first-order valence-corrected chi connectivity index (χ1v) is 16.6. The standard InChI is InChI=1S/C45H33NO/c1-45(2)39-21-6-3-16-33(39)37-26-38-34-17-4-7-22-41(34)46(42(38)27-40(37)45)31-15-10-13-29(25-31)28-12-9-14-30(24-28)32-19-11-20-36-35-18-5-8-23-43(35)47-44(32)36/h3-12,14-27,29H,13H2,1-2H3. The second kappa shape index (κ2) is 9.70. The van der Waals surface area contributed by atoms with Crippen LogP contribution in [0.15, 0.2) is 150 Å². The monoisotopic (exact) mass is 603 g/mol. The topological polar surface area (TPSA) is 18.1 Å². The Bertz CT molecular complexity index is 2640. The minimum atomic E-state index is -0.0517. The van der Waals surface area contributed by atoms with Crippen LogP contribution in [0.4, 0.5) is 0 Å². The summed E-state index contributed by atoms with van der Waals surface area (Å²) < 4.78 is 8.90. The van der Waals surface area contributed by atoms with E-state index in [1.54, 1.807) is 0 Å². The molecule has 0 amide bonds. The number of furan rings is 1. The van der Waals surface area contributed by atoms with Gasteiger partial charge in [0.05, 0.1) is 11.0 Å². The van der Waals surface area contributed by atoms with Crippen molar-refractivity contribution < 1.29 is 4.42 Å².